The fourth-order valence-electron chi connectivity index (χ4n) is 1.63. The molecule has 106 valence electrons. The van der Waals surface area contributed by atoms with E-state index in [1.165, 1.54) is 24.2 Å². The quantitative estimate of drug-likeness (QED) is 0.451. The maximum atomic E-state index is 5.66. The molecule has 0 radical (unpaired) electrons. The van der Waals surface area contributed by atoms with Crippen LogP contribution in [-0.2, 0) is 0 Å². The average molecular weight is 289 g/mol. The first-order chi connectivity index (χ1) is 9.88. The van der Waals surface area contributed by atoms with Gasteiger partial charge in [-0.25, -0.2) is 4.98 Å². The molecule has 2 aromatic rings. The zero-order chi connectivity index (χ0) is 14.0. The van der Waals surface area contributed by atoms with Gasteiger partial charge in [0.1, 0.15) is 5.75 Å². The molecule has 1 aromatic carbocycles. The molecule has 0 saturated heterocycles. The molecule has 0 spiro atoms. The van der Waals surface area contributed by atoms with Gasteiger partial charge in [-0.15, -0.1) is 11.3 Å². The summed E-state index contributed by atoms with van der Waals surface area (Å²) < 4.78 is 5.66. The predicted octanol–water partition coefficient (Wildman–Crippen LogP) is 4.16. The van der Waals surface area contributed by atoms with Crippen LogP contribution < -0.4 is 10.2 Å². The minimum absolute atomic E-state index is 0.785. The molecule has 0 saturated carbocycles. The largest absolute Gasteiger partial charge is 0.494 e. The number of hydrazone groups is 1. The Kier molecular flexibility index (Phi) is 6.05. The normalized spacial score (nSPS) is 10.8. The molecule has 5 heteroatoms. The van der Waals surface area contributed by atoms with Crippen LogP contribution in [0.5, 0.6) is 5.75 Å². The minimum Gasteiger partial charge on any atom is -0.494 e. The molecule has 1 N–H and O–H groups in total. The fraction of sp³-hybridized carbons (Fsp3) is 0.333. The van der Waals surface area contributed by atoms with E-state index >= 15 is 0 Å². The lowest BCUT2D eigenvalue weighted by atomic mass is 10.2. The zero-order valence-electron chi connectivity index (χ0n) is 11.6. The lowest BCUT2D eigenvalue weighted by molar-refractivity contribution is 0.306. The highest BCUT2D eigenvalue weighted by Crippen LogP contribution is 2.13. The summed E-state index contributed by atoms with van der Waals surface area (Å²) in [5.74, 6) is 0.908. The van der Waals surface area contributed by atoms with Gasteiger partial charge < -0.3 is 4.74 Å². The summed E-state index contributed by atoms with van der Waals surface area (Å²) in [6, 6.07) is 7.91. The molecule has 0 aliphatic carbocycles. The Morgan fingerprint density at radius 3 is 2.85 bits per heavy atom. The van der Waals surface area contributed by atoms with Crippen LogP contribution in [0.4, 0.5) is 5.13 Å². The monoisotopic (exact) mass is 289 g/mol. The Balaban J connectivity index is 1.77. The van der Waals surface area contributed by atoms with E-state index in [-0.39, 0.29) is 0 Å². The molecule has 0 aliphatic heterocycles. The molecule has 0 unspecified atom stereocenters. The van der Waals surface area contributed by atoms with Crippen molar-refractivity contribution in [2.75, 3.05) is 12.0 Å². The van der Waals surface area contributed by atoms with Crippen LogP contribution >= 0.6 is 11.3 Å². The highest BCUT2D eigenvalue weighted by atomic mass is 32.1. The van der Waals surface area contributed by atoms with Gasteiger partial charge in [-0.1, -0.05) is 19.8 Å². The maximum Gasteiger partial charge on any atom is 0.203 e. The van der Waals surface area contributed by atoms with Gasteiger partial charge in [0, 0.05) is 11.6 Å². The number of rotatable bonds is 8. The molecule has 4 nitrogen and oxygen atoms in total. The number of hydrogen-bond donors (Lipinski definition) is 1. The molecular weight excluding hydrogens is 270 g/mol. The van der Waals surface area contributed by atoms with E-state index in [0.717, 1.165) is 29.5 Å². The third-order valence-corrected chi connectivity index (χ3v) is 3.38. The maximum absolute atomic E-state index is 5.66. The van der Waals surface area contributed by atoms with Crippen LogP contribution in [0.15, 0.2) is 40.9 Å². The molecular formula is C15H19N3OS. The van der Waals surface area contributed by atoms with Crippen LogP contribution in [0.3, 0.4) is 0 Å². The second-order valence-electron chi connectivity index (χ2n) is 4.33. The smallest absolute Gasteiger partial charge is 0.203 e. The van der Waals surface area contributed by atoms with Crippen molar-refractivity contribution in [1.29, 1.82) is 0 Å². The van der Waals surface area contributed by atoms with E-state index in [4.69, 9.17) is 4.74 Å². The molecule has 1 aromatic heterocycles. The van der Waals surface area contributed by atoms with Crippen molar-refractivity contribution in [2.24, 2.45) is 5.10 Å². The average Bonchev–Trinajstić information content (AvgIpc) is 2.98. The summed E-state index contributed by atoms with van der Waals surface area (Å²) in [6.45, 7) is 2.97. The first-order valence-corrected chi connectivity index (χ1v) is 7.68. The third-order valence-electron chi connectivity index (χ3n) is 2.70. The number of thiazole rings is 1. The topological polar surface area (TPSA) is 46.5 Å². The van der Waals surface area contributed by atoms with Crippen LogP contribution in [0.1, 0.15) is 31.7 Å². The van der Waals surface area contributed by atoms with E-state index in [1.54, 1.807) is 12.4 Å². The number of anilines is 1. The van der Waals surface area contributed by atoms with Gasteiger partial charge in [0.2, 0.25) is 5.13 Å². The number of aromatic nitrogens is 1. The first-order valence-electron chi connectivity index (χ1n) is 6.80. The van der Waals surface area contributed by atoms with E-state index < -0.39 is 0 Å². The number of nitrogens with zero attached hydrogens (tertiary/aromatic N) is 2. The summed E-state index contributed by atoms with van der Waals surface area (Å²) in [5.41, 5.74) is 3.90. The van der Waals surface area contributed by atoms with Crippen LogP contribution in [0.25, 0.3) is 0 Å². The summed E-state index contributed by atoms with van der Waals surface area (Å²) in [6.07, 6.45) is 7.05. The molecule has 20 heavy (non-hydrogen) atoms. The van der Waals surface area contributed by atoms with Crippen molar-refractivity contribution in [3.05, 3.63) is 41.4 Å². The lowest BCUT2D eigenvalue weighted by Gasteiger charge is -2.05. The molecule has 0 bridgehead atoms. The van der Waals surface area contributed by atoms with Gasteiger partial charge in [-0.05, 0) is 36.2 Å². The van der Waals surface area contributed by atoms with Gasteiger partial charge in [0.15, 0.2) is 0 Å². The van der Waals surface area contributed by atoms with Gasteiger partial charge in [0.05, 0.1) is 12.8 Å². The van der Waals surface area contributed by atoms with E-state index in [1.807, 2.05) is 29.6 Å². The van der Waals surface area contributed by atoms with Crippen molar-refractivity contribution in [2.45, 2.75) is 26.2 Å². The first kappa shape index (κ1) is 14.5. The van der Waals surface area contributed by atoms with Gasteiger partial charge in [0.25, 0.3) is 0 Å². The van der Waals surface area contributed by atoms with Crippen molar-refractivity contribution in [3.8, 4) is 5.75 Å². The molecule has 1 heterocycles. The standard InChI is InChI=1S/C15H19N3OS/c1-2-3-4-10-19-14-7-5-13(6-8-14)12-17-18-15-16-9-11-20-15/h5-9,11-12H,2-4,10H2,1H3,(H,16,18)/b17-12-. The van der Waals surface area contributed by atoms with Gasteiger partial charge >= 0.3 is 0 Å². The Morgan fingerprint density at radius 2 is 2.15 bits per heavy atom. The molecule has 2 rings (SSSR count). The lowest BCUT2D eigenvalue weighted by Crippen LogP contribution is -1.97. The second kappa shape index (κ2) is 8.32. The van der Waals surface area contributed by atoms with Gasteiger partial charge in [-0.3, -0.25) is 5.43 Å². The minimum atomic E-state index is 0.785. The number of benzene rings is 1. The van der Waals surface area contributed by atoms with Crippen molar-refractivity contribution in [1.82, 2.24) is 4.98 Å². The van der Waals surface area contributed by atoms with Crippen LogP contribution in [0, 0.1) is 0 Å². The number of hydrogen-bond acceptors (Lipinski definition) is 5. The number of nitrogens with one attached hydrogen (secondary N) is 1. The zero-order valence-corrected chi connectivity index (χ0v) is 12.4. The summed E-state index contributed by atoms with van der Waals surface area (Å²) in [4.78, 5) is 4.08. The van der Waals surface area contributed by atoms with E-state index in [2.05, 4.69) is 22.4 Å². The highest BCUT2D eigenvalue weighted by Gasteiger charge is 1.94. The van der Waals surface area contributed by atoms with Crippen molar-refractivity contribution < 1.29 is 4.74 Å². The number of ether oxygens (including phenoxy) is 1. The Labute approximate surface area is 123 Å². The molecule has 0 atom stereocenters. The summed E-state index contributed by atoms with van der Waals surface area (Å²) >= 11 is 1.52. The van der Waals surface area contributed by atoms with E-state index in [9.17, 15) is 0 Å². The third kappa shape index (κ3) is 5.01. The Bertz CT molecular complexity index is 508. The predicted molar refractivity (Wildman–Crippen MR) is 84.8 cm³/mol. The van der Waals surface area contributed by atoms with E-state index in [0.29, 0.717) is 0 Å². The van der Waals surface area contributed by atoms with Crippen LogP contribution in [0.2, 0.25) is 0 Å². The summed E-state index contributed by atoms with van der Waals surface area (Å²) in [7, 11) is 0. The van der Waals surface area contributed by atoms with Crippen molar-refractivity contribution in [3.63, 3.8) is 0 Å². The molecule has 0 fully saturated rings. The number of unbranched alkanes of at least 4 members (excludes halogenated alkanes) is 2. The van der Waals surface area contributed by atoms with Crippen LogP contribution in [-0.4, -0.2) is 17.8 Å². The SMILES string of the molecule is CCCCCOc1ccc(/C=N\Nc2nccs2)cc1. The Hall–Kier alpha value is -1.88. The van der Waals surface area contributed by atoms with Crippen molar-refractivity contribution >= 4 is 22.7 Å². The Morgan fingerprint density at radius 1 is 1.30 bits per heavy atom. The highest BCUT2D eigenvalue weighted by molar-refractivity contribution is 7.13. The molecule has 0 aliphatic rings. The fourth-order valence-corrected chi connectivity index (χ4v) is 2.11. The second-order valence-corrected chi connectivity index (χ2v) is 5.23. The van der Waals surface area contributed by atoms with Gasteiger partial charge in [-0.2, -0.15) is 5.10 Å². The molecule has 0 amide bonds. The summed E-state index contributed by atoms with van der Waals surface area (Å²) in [5, 5.41) is 6.83.